The molecule has 4 nitrogen and oxygen atoms in total. The molecule has 4 heteroatoms. The maximum atomic E-state index is 5.98. The SMILES string of the molecule is CC(C)c1cccc(C(C)C)c1N=C(c1ccc2ccccc2c1)c1cccc(C2=N[C@@H](C(C)C)CO2)n1. The number of hydrogen-bond acceptors (Lipinski definition) is 4. The fourth-order valence-corrected chi connectivity index (χ4v) is 4.92. The maximum Gasteiger partial charge on any atom is 0.235 e. The van der Waals surface area contributed by atoms with E-state index in [0.717, 1.165) is 28.4 Å². The third kappa shape index (κ3) is 5.26. The van der Waals surface area contributed by atoms with Crippen LogP contribution in [0.25, 0.3) is 10.8 Å². The molecule has 0 spiro atoms. The number of ether oxygens (including phenoxy) is 1. The molecule has 0 unspecified atom stereocenters. The second kappa shape index (κ2) is 10.9. The minimum atomic E-state index is 0.163. The Morgan fingerprint density at radius 2 is 1.47 bits per heavy atom. The minimum absolute atomic E-state index is 0.163. The van der Waals surface area contributed by atoms with E-state index in [4.69, 9.17) is 19.7 Å². The number of nitrogens with zero attached hydrogens (tertiary/aromatic N) is 3. The number of aromatic nitrogens is 1. The van der Waals surface area contributed by atoms with Gasteiger partial charge in [-0.15, -0.1) is 0 Å². The molecule has 0 aliphatic carbocycles. The Morgan fingerprint density at radius 3 is 2.13 bits per heavy atom. The van der Waals surface area contributed by atoms with Gasteiger partial charge in [-0.2, -0.15) is 0 Å². The van der Waals surface area contributed by atoms with Gasteiger partial charge in [0.2, 0.25) is 5.90 Å². The van der Waals surface area contributed by atoms with Crippen molar-refractivity contribution < 1.29 is 4.74 Å². The first-order chi connectivity index (χ1) is 18.3. The molecule has 0 radical (unpaired) electrons. The van der Waals surface area contributed by atoms with Crippen molar-refractivity contribution in [3.63, 3.8) is 0 Å². The summed E-state index contributed by atoms with van der Waals surface area (Å²) in [5.74, 6) is 1.74. The zero-order chi connectivity index (χ0) is 26.8. The first-order valence-corrected chi connectivity index (χ1v) is 13.7. The number of benzene rings is 3. The van der Waals surface area contributed by atoms with Crippen LogP contribution >= 0.6 is 0 Å². The summed E-state index contributed by atoms with van der Waals surface area (Å²) in [5.41, 5.74) is 6.98. The van der Waals surface area contributed by atoms with Crippen molar-refractivity contribution in [2.75, 3.05) is 6.61 Å². The van der Waals surface area contributed by atoms with Crippen LogP contribution in [0.2, 0.25) is 0 Å². The Balaban J connectivity index is 1.72. The largest absolute Gasteiger partial charge is 0.474 e. The number of rotatable bonds is 7. The molecule has 0 bridgehead atoms. The second-order valence-corrected chi connectivity index (χ2v) is 11.1. The van der Waals surface area contributed by atoms with Crippen LogP contribution in [0, 0.1) is 5.92 Å². The quantitative estimate of drug-likeness (QED) is 0.238. The Morgan fingerprint density at radius 1 is 0.789 bits per heavy atom. The standard InChI is InChI=1S/C34H37N3O/c1-21(2)27-13-9-14-28(22(3)4)33(27)37-32(26-18-17-24-11-7-8-12-25(24)19-26)29-15-10-16-30(35-29)34-36-31(20-38-34)23(5)6/h7-19,21-23,31H,20H2,1-6H3/t31-/m1/s1. The Kier molecular flexibility index (Phi) is 7.42. The summed E-state index contributed by atoms with van der Waals surface area (Å²) >= 11 is 0. The molecule has 4 aromatic rings. The molecule has 194 valence electrons. The van der Waals surface area contributed by atoms with Gasteiger partial charge in [-0.1, -0.05) is 102 Å². The summed E-state index contributed by atoms with van der Waals surface area (Å²) in [7, 11) is 0. The number of para-hydroxylation sites is 1. The van der Waals surface area contributed by atoms with Gasteiger partial charge < -0.3 is 4.74 Å². The molecule has 5 rings (SSSR count). The van der Waals surface area contributed by atoms with Crippen LogP contribution in [0.1, 0.15) is 81.5 Å². The van der Waals surface area contributed by atoms with Gasteiger partial charge in [-0.25, -0.2) is 15.0 Å². The van der Waals surface area contributed by atoms with Gasteiger partial charge in [0.15, 0.2) is 0 Å². The van der Waals surface area contributed by atoms with E-state index in [1.54, 1.807) is 0 Å². The van der Waals surface area contributed by atoms with Gasteiger partial charge in [-0.05, 0) is 57.9 Å². The zero-order valence-corrected chi connectivity index (χ0v) is 23.3. The van der Waals surface area contributed by atoms with Crippen molar-refractivity contribution in [2.24, 2.45) is 15.9 Å². The van der Waals surface area contributed by atoms with Gasteiger partial charge in [0.25, 0.3) is 0 Å². The van der Waals surface area contributed by atoms with E-state index in [-0.39, 0.29) is 6.04 Å². The van der Waals surface area contributed by atoms with E-state index in [1.165, 1.54) is 21.9 Å². The molecule has 0 saturated heterocycles. The molecule has 1 aromatic heterocycles. The van der Waals surface area contributed by atoms with Crippen LogP contribution in [0.5, 0.6) is 0 Å². The summed E-state index contributed by atoms with van der Waals surface area (Å²) in [4.78, 5) is 15.3. The topological polar surface area (TPSA) is 46.8 Å². The van der Waals surface area contributed by atoms with Crippen molar-refractivity contribution >= 4 is 28.1 Å². The monoisotopic (exact) mass is 503 g/mol. The molecule has 0 amide bonds. The van der Waals surface area contributed by atoms with E-state index in [1.807, 2.05) is 18.2 Å². The van der Waals surface area contributed by atoms with E-state index >= 15 is 0 Å². The molecular formula is C34H37N3O. The van der Waals surface area contributed by atoms with E-state index < -0.39 is 0 Å². The van der Waals surface area contributed by atoms with Crippen LogP contribution < -0.4 is 0 Å². The van der Waals surface area contributed by atoms with E-state index in [9.17, 15) is 0 Å². The third-order valence-electron chi connectivity index (χ3n) is 7.24. The highest BCUT2D eigenvalue weighted by atomic mass is 16.5. The Hall–Kier alpha value is -3.79. The predicted octanol–water partition coefficient (Wildman–Crippen LogP) is 8.45. The lowest BCUT2D eigenvalue weighted by Crippen LogP contribution is -2.13. The Bertz CT molecular complexity index is 1490. The number of pyridine rings is 1. The van der Waals surface area contributed by atoms with Crippen molar-refractivity contribution in [2.45, 2.75) is 59.4 Å². The van der Waals surface area contributed by atoms with Crippen molar-refractivity contribution in [1.29, 1.82) is 0 Å². The highest BCUT2D eigenvalue weighted by Crippen LogP contribution is 2.36. The van der Waals surface area contributed by atoms with Crippen LogP contribution in [0.4, 0.5) is 5.69 Å². The highest BCUT2D eigenvalue weighted by molar-refractivity contribution is 6.14. The lowest BCUT2D eigenvalue weighted by Gasteiger charge is -2.18. The molecule has 0 N–H and O–H groups in total. The van der Waals surface area contributed by atoms with Gasteiger partial charge in [0.05, 0.1) is 23.1 Å². The molecule has 0 fully saturated rings. The lowest BCUT2D eigenvalue weighted by atomic mass is 9.92. The molecule has 1 aliphatic heterocycles. The summed E-state index contributed by atoms with van der Waals surface area (Å²) in [6.45, 7) is 13.9. The third-order valence-corrected chi connectivity index (χ3v) is 7.24. The molecule has 38 heavy (non-hydrogen) atoms. The Labute approximate surface area is 226 Å². The molecular weight excluding hydrogens is 466 g/mol. The zero-order valence-electron chi connectivity index (χ0n) is 23.3. The second-order valence-electron chi connectivity index (χ2n) is 11.1. The minimum Gasteiger partial charge on any atom is -0.474 e. The number of hydrogen-bond donors (Lipinski definition) is 0. The lowest BCUT2D eigenvalue weighted by molar-refractivity contribution is 0.291. The summed E-state index contributed by atoms with van der Waals surface area (Å²) in [6, 6.07) is 27.7. The first kappa shape index (κ1) is 25.8. The molecule has 1 aliphatic rings. The van der Waals surface area contributed by atoms with E-state index in [2.05, 4.69) is 102 Å². The molecule has 2 heterocycles. The average molecular weight is 504 g/mol. The fraction of sp³-hybridized carbons (Fsp3) is 0.324. The summed E-state index contributed by atoms with van der Waals surface area (Å²) in [6.07, 6.45) is 0. The van der Waals surface area contributed by atoms with Crippen LogP contribution in [-0.2, 0) is 4.74 Å². The van der Waals surface area contributed by atoms with Crippen molar-refractivity contribution in [3.8, 4) is 0 Å². The number of aliphatic imine (C=N–C) groups is 2. The van der Waals surface area contributed by atoms with Crippen LogP contribution in [-0.4, -0.2) is 29.2 Å². The van der Waals surface area contributed by atoms with Crippen molar-refractivity contribution in [1.82, 2.24) is 4.98 Å². The van der Waals surface area contributed by atoms with E-state index in [0.29, 0.717) is 30.3 Å². The molecule has 1 atom stereocenters. The molecule has 0 saturated carbocycles. The maximum absolute atomic E-state index is 5.98. The average Bonchev–Trinajstić information content (AvgIpc) is 3.42. The van der Waals surface area contributed by atoms with Gasteiger partial charge in [-0.3, -0.25) is 0 Å². The van der Waals surface area contributed by atoms with Gasteiger partial charge in [0.1, 0.15) is 12.3 Å². The fourth-order valence-electron chi connectivity index (χ4n) is 4.92. The van der Waals surface area contributed by atoms with Gasteiger partial charge in [0, 0.05) is 5.56 Å². The van der Waals surface area contributed by atoms with Crippen LogP contribution in [0.15, 0.2) is 88.8 Å². The first-order valence-electron chi connectivity index (χ1n) is 13.7. The van der Waals surface area contributed by atoms with Crippen molar-refractivity contribution in [3.05, 3.63) is 107 Å². The smallest absolute Gasteiger partial charge is 0.235 e. The summed E-state index contributed by atoms with van der Waals surface area (Å²) in [5, 5.41) is 2.38. The normalized spacial score (nSPS) is 16.0. The number of fused-ring (bicyclic) bond motifs is 1. The highest BCUT2D eigenvalue weighted by Gasteiger charge is 2.24. The van der Waals surface area contributed by atoms with Gasteiger partial charge >= 0.3 is 0 Å². The van der Waals surface area contributed by atoms with Crippen LogP contribution in [0.3, 0.4) is 0 Å². The summed E-state index contributed by atoms with van der Waals surface area (Å²) < 4.78 is 5.98. The predicted molar refractivity (Wildman–Crippen MR) is 159 cm³/mol. The molecule has 3 aromatic carbocycles.